The van der Waals surface area contributed by atoms with Crippen LogP contribution in [0.15, 0.2) is 63.7 Å². The molecule has 0 unspecified atom stereocenters. The molecular weight excluding hydrogens is 453 g/mol. The van der Waals surface area contributed by atoms with Crippen LogP contribution in [0.2, 0.25) is 10.0 Å². The lowest BCUT2D eigenvalue weighted by molar-refractivity contribution is 0.102. The SMILES string of the molecule is O=C(Nc1ccc2oc(-c3cncc(Br)c3)nc2c1)c1ccc(Cl)cc1Cl. The quantitative estimate of drug-likeness (QED) is 0.392. The lowest BCUT2D eigenvalue weighted by atomic mass is 10.2. The van der Waals surface area contributed by atoms with Crippen LogP contribution in [0.5, 0.6) is 0 Å². The highest BCUT2D eigenvalue weighted by atomic mass is 79.9. The van der Waals surface area contributed by atoms with E-state index >= 15 is 0 Å². The number of rotatable bonds is 3. The highest BCUT2D eigenvalue weighted by Crippen LogP contribution is 2.28. The summed E-state index contributed by atoms with van der Waals surface area (Å²) in [6.07, 6.45) is 3.35. The number of nitrogens with zero attached hydrogens (tertiary/aromatic N) is 2. The smallest absolute Gasteiger partial charge is 0.257 e. The maximum atomic E-state index is 12.5. The fourth-order valence-electron chi connectivity index (χ4n) is 2.53. The average Bonchev–Trinajstić information content (AvgIpc) is 3.05. The Bertz CT molecular complexity index is 1180. The van der Waals surface area contributed by atoms with Gasteiger partial charge in [-0.05, 0) is 58.4 Å². The number of carbonyl (C=O) groups excluding carboxylic acids is 1. The first-order valence-electron chi connectivity index (χ1n) is 7.77. The van der Waals surface area contributed by atoms with Gasteiger partial charge in [-0.2, -0.15) is 0 Å². The van der Waals surface area contributed by atoms with Crippen molar-refractivity contribution in [1.29, 1.82) is 0 Å². The summed E-state index contributed by atoms with van der Waals surface area (Å²) in [4.78, 5) is 21.0. The van der Waals surface area contributed by atoms with Crippen LogP contribution < -0.4 is 5.32 Å². The molecular formula is C19H10BrCl2N3O2. The molecule has 0 spiro atoms. The van der Waals surface area contributed by atoms with Crippen molar-refractivity contribution >= 4 is 61.8 Å². The molecule has 1 amide bonds. The highest BCUT2D eigenvalue weighted by Gasteiger charge is 2.13. The largest absolute Gasteiger partial charge is 0.436 e. The predicted molar refractivity (Wildman–Crippen MR) is 109 cm³/mol. The monoisotopic (exact) mass is 461 g/mol. The van der Waals surface area contributed by atoms with Gasteiger partial charge in [-0.15, -0.1) is 0 Å². The minimum atomic E-state index is -0.337. The molecule has 5 nitrogen and oxygen atoms in total. The van der Waals surface area contributed by atoms with Gasteiger partial charge in [-0.25, -0.2) is 4.98 Å². The van der Waals surface area contributed by atoms with Gasteiger partial charge in [-0.3, -0.25) is 9.78 Å². The van der Waals surface area contributed by atoms with Crippen molar-refractivity contribution in [3.05, 3.63) is 74.9 Å². The summed E-state index contributed by atoms with van der Waals surface area (Å²) in [7, 11) is 0. The van der Waals surface area contributed by atoms with Crippen LogP contribution in [0, 0.1) is 0 Å². The molecule has 0 aliphatic rings. The predicted octanol–water partition coefficient (Wildman–Crippen LogP) is 6.21. The third-order valence-corrected chi connectivity index (χ3v) is 4.75. The molecule has 1 N–H and O–H groups in total. The van der Waals surface area contributed by atoms with Gasteiger partial charge in [0.05, 0.1) is 16.1 Å². The first-order chi connectivity index (χ1) is 13.0. The first kappa shape index (κ1) is 18.0. The van der Waals surface area contributed by atoms with E-state index in [9.17, 15) is 4.79 Å². The van der Waals surface area contributed by atoms with Gasteiger partial charge >= 0.3 is 0 Å². The average molecular weight is 463 g/mol. The van der Waals surface area contributed by atoms with Gasteiger partial charge in [0.15, 0.2) is 5.58 Å². The van der Waals surface area contributed by atoms with Crippen molar-refractivity contribution in [3.63, 3.8) is 0 Å². The lowest BCUT2D eigenvalue weighted by Crippen LogP contribution is -2.12. The van der Waals surface area contributed by atoms with E-state index in [2.05, 4.69) is 31.2 Å². The van der Waals surface area contributed by atoms with Crippen LogP contribution in [0.4, 0.5) is 5.69 Å². The number of carbonyl (C=O) groups is 1. The Kier molecular flexibility index (Phi) is 4.86. The Balaban J connectivity index is 1.62. The molecule has 0 fully saturated rings. The van der Waals surface area contributed by atoms with E-state index < -0.39 is 0 Å². The van der Waals surface area contributed by atoms with Crippen LogP contribution in [-0.4, -0.2) is 15.9 Å². The Labute approximate surface area is 172 Å². The summed E-state index contributed by atoms with van der Waals surface area (Å²) < 4.78 is 6.59. The van der Waals surface area contributed by atoms with Gasteiger partial charge in [0.2, 0.25) is 5.89 Å². The number of hydrogen-bond donors (Lipinski definition) is 1. The lowest BCUT2D eigenvalue weighted by Gasteiger charge is -2.06. The molecule has 0 aliphatic heterocycles. The molecule has 0 saturated carbocycles. The summed E-state index contributed by atoms with van der Waals surface area (Å²) >= 11 is 15.3. The maximum Gasteiger partial charge on any atom is 0.257 e. The van der Waals surface area contributed by atoms with Crippen molar-refractivity contribution in [2.75, 3.05) is 5.32 Å². The van der Waals surface area contributed by atoms with Crippen LogP contribution >= 0.6 is 39.1 Å². The Morgan fingerprint density at radius 3 is 2.70 bits per heavy atom. The number of anilines is 1. The number of oxazole rings is 1. The van der Waals surface area contributed by atoms with Gasteiger partial charge in [0.1, 0.15) is 5.52 Å². The maximum absolute atomic E-state index is 12.5. The molecule has 4 aromatic rings. The molecule has 4 rings (SSSR count). The molecule has 0 aliphatic carbocycles. The fourth-order valence-corrected chi connectivity index (χ4v) is 3.39. The molecule has 134 valence electrons. The van der Waals surface area contributed by atoms with E-state index in [4.69, 9.17) is 27.6 Å². The van der Waals surface area contributed by atoms with Gasteiger partial charge in [0.25, 0.3) is 5.91 Å². The number of aromatic nitrogens is 2. The van der Waals surface area contributed by atoms with Crippen LogP contribution in [-0.2, 0) is 0 Å². The number of amides is 1. The summed E-state index contributed by atoms with van der Waals surface area (Å²) in [5, 5.41) is 3.55. The van der Waals surface area contributed by atoms with E-state index in [0.29, 0.717) is 33.3 Å². The fraction of sp³-hybridized carbons (Fsp3) is 0. The number of fused-ring (bicyclic) bond motifs is 1. The molecule has 2 aromatic heterocycles. The molecule has 0 atom stereocenters. The highest BCUT2D eigenvalue weighted by molar-refractivity contribution is 9.10. The Morgan fingerprint density at radius 1 is 1.07 bits per heavy atom. The van der Waals surface area contributed by atoms with Crippen LogP contribution in [0.25, 0.3) is 22.6 Å². The number of halogens is 3. The second-order valence-electron chi connectivity index (χ2n) is 5.67. The standard InChI is InChI=1S/C19H10BrCl2N3O2/c20-11-5-10(8-23-9-11)19-25-16-7-13(2-4-17(16)27-19)24-18(26)14-3-1-12(21)6-15(14)22/h1-9H,(H,24,26). The molecule has 2 heterocycles. The zero-order chi connectivity index (χ0) is 19.0. The second-order valence-corrected chi connectivity index (χ2v) is 7.43. The molecule has 8 heteroatoms. The van der Waals surface area contributed by atoms with Gasteiger partial charge < -0.3 is 9.73 Å². The van der Waals surface area contributed by atoms with E-state index in [1.165, 1.54) is 6.07 Å². The van der Waals surface area contributed by atoms with Gasteiger partial charge in [0, 0.05) is 27.6 Å². The summed E-state index contributed by atoms with van der Waals surface area (Å²) in [5.41, 5.74) is 2.88. The van der Waals surface area contributed by atoms with E-state index in [0.717, 1.165) is 10.0 Å². The third kappa shape index (κ3) is 3.83. The topological polar surface area (TPSA) is 68.0 Å². The van der Waals surface area contributed by atoms with Crippen molar-refractivity contribution in [2.24, 2.45) is 0 Å². The summed E-state index contributed by atoms with van der Waals surface area (Å²) in [5.74, 6) is 0.110. The van der Waals surface area contributed by atoms with E-state index in [-0.39, 0.29) is 10.9 Å². The van der Waals surface area contributed by atoms with Crippen LogP contribution in [0.3, 0.4) is 0 Å². The second kappa shape index (κ2) is 7.31. The molecule has 27 heavy (non-hydrogen) atoms. The zero-order valence-electron chi connectivity index (χ0n) is 13.5. The van der Waals surface area contributed by atoms with E-state index in [1.807, 2.05) is 6.07 Å². The summed E-state index contributed by atoms with van der Waals surface area (Å²) in [6, 6.07) is 11.8. The minimum absolute atomic E-state index is 0.284. The zero-order valence-corrected chi connectivity index (χ0v) is 16.6. The molecule has 0 bridgehead atoms. The van der Waals surface area contributed by atoms with Crippen molar-refractivity contribution in [3.8, 4) is 11.5 Å². The van der Waals surface area contributed by atoms with Crippen LogP contribution in [0.1, 0.15) is 10.4 Å². The van der Waals surface area contributed by atoms with Gasteiger partial charge in [-0.1, -0.05) is 23.2 Å². The number of nitrogens with one attached hydrogen (secondary N) is 1. The molecule has 0 radical (unpaired) electrons. The number of pyridine rings is 1. The van der Waals surface area contributed by atoms with Crippen molar-refractivity contribution in [1.82, 2.24) is 9.97 Å². The Morgan fingerprint density at radius 2 is 1.93 bits per heavy atom. The minimum Gasteiger partial charge on any atom is -0.436 e. The number of hydrogen-bond acceptors (Lipinski definition) is 4. The number of benzene rings is 2. The van der Waals surface area contributed by atoms with E-state index in [1.54, 1.807) is 42.7 Å². The first-order valence-corrected chi connectivity index (χ1v) is 9.32. The Hall–Kier alpha value is -2.41. The normalized spacial score (nSPS) is 10.9. The molecule has 2 aromatic carbocycles. The summed E-state index contributed by atoms with van der Waals surface area (Å²) in [6.45, 7) is 0. The van der Waals surface area contributed by atoms with Crippen molar-refractivity contribution in [2.45, 2.75) is 0 Å². The third-order valence-electron chi connectivity index (χ3n) is 3.77. The molecule has 0 saturated heterocycles. The van der Waals surface area contributed by atoms with Crippen molar-refractivity contribution < 1.29 is 9.21 Å².